The molecule has 6 rings (SSSR count). The molecule has 0 radical (unpaired) electrons. The van der Waals surface area contributed by atoms with Crippen LogP contribution in [0.25, 0.3) is 32.3 Å². The SMILES string of the molecule is Cc1sc(-c2ccc(C(F)(F)F)cc2)nc1C1=C(O)CC(C)(C)CC1=O.Cc1sc(-c2ccc(C(F)(F)F)cc2)nc1C1=C(O)CC(C)(C)CC1=O.[Na+].[OH-]. The van der Waals surface area contributed by atoms with Crippen LogP contribution in [0, 0.1) is 24.7 Å². The van der Waals surface area contributed by atoms with Crippen LogP contribution in [-0.2, 0) is 21.9 Å². The zero-order chi connectivity index (χ0) is 38.6. The molecule has 0 spiro atoms. The van der Waals surface area contributed by atoms with Gasteiger partial charge in [-0.1, -0.05) is 52.0 Å². The minimum atomic E-state index is -4.39. The summed E-state index contributed by atoms with van der Waals surface area (Å²) in [5.74, 6) is -0.269. The second-order valence-electron chi connectivity index (χ2n) is 14.5. The Kier molecular flexibility index (Phi) is 13.7. The minimum Gasteiger partial charge on any atom is -0.870 e. The van der Waals surface area contributed by atoms with Gasteiger partial charge in [0.1, 0.15) is 21.5 Å². The van der Waals surface area contributed by atoms with Crippen molar-refractivity contribution in [3.63, 3.8) is 0 Å². The smallest absolute Gasteiger partial charge is 0.870 e. The third kappa shape index (κ3) is 10.1. The van der Waals surface area contributed by atoms with Crippen LogP contribution in [0.5, 0.6) is 0 Å². The van der Waals surface area contributed by atoms with Gasteiger partial charge in [0, 0.05) is 46.6 Å². The number of Topliss-reactive ketones (excluding diaryl/α,β-unsaturated/α-hetero) is 2. The van der Waals surface area contributed by atoms with E-state index in [1.807, 2.05) is 27.7 Å². The van der Waals surface area contributed by atoms with E-state index in [0.717, 1.165) is 34.0 Å². The molecule has 2 aliphatic rings. The van der Waals surface area contributed by atoms with Crippen LogP contribution in [-0.4, -0.2) is 37.2 Å². The molecule has 2 aromatic heterocycles. The summed E-state index contributed by atoms with van der Waals surface area (Å²) in [6.45, 7) is 11.2. The predicted molar refractivity (Wildman–Crippen MR) is 192 cm³/mol. The van der Waals surface area contributed by atoms with E-state index in [-0.39, 0.29) is 80.1 Å². The number of carbonyl (C=O) groups is 2. The zero-order valence-electron chi connectivity index (χ0n) is 30.6. The van der Waals surface area contributed by atoms with E-state index in [9.17, 15) is 46.1 Å². The molecule has 0 fully saturated rings. The number of aryl methyl sites for hydroxylation is 2. The van der Waals surface area contributed by atoms with Crippen LogP contribution in [0.1, 0.15) is 85.6 Å². The predicted octanol–water partition coefficient (Wildman–Crippen LogP) is 8.42. The van der Waals surface area contributed by atoms with Crippen LogP contribution in [0.3, 0.4) is 0 Å². The number of hydrogen-bond donors (Lipinski definition) is 2. The van der Waals surface area contributed by atoms with Crippen LogP contribution < -0.4 is 29.6 Å². The molecule has 16 heteroatoms. The first kappa shape index (κ1) is 45.1. The Morgan fingerprint density at radius 2 is 0.889 bits per heavy atom. The van der Waals surface area contributed by atoms with Gasteiger partial charge in [0.05, 0.1) is 33.7 Å². The summed E-state index contributed by atoms with van der Waals surface area (Å²) in [5, 5.41) is 21.7. The Morgan fingerprint density at radius 3 is 1.15 bits per heavy atom. The van der Waals surface area contributed by atoms with Crippen molar-refractivity contribution in [2.24, 2.45) is 10.8 Å². The third-order valence-electron chi connectivity index (χ3n) is 8.69. The number of aliphatic hydroxyl groups excluding tert-OH is 2. The number of thiazole rings is 2. The van der Waals surface area contributed by atoms with Gasteiger partial charge in [-0.2, -0.15) is 26.3 Å². The summed E-state index contributed by atoms with van der Waals surface area (Å²) < 4.78 is 76.2. The molecule has 2 heterocycles. The number of nitrogens with zero attached hydrogens (tertiary/aromatic N) is 2. The average Bonchev–Trinajstić information content (AvgIpc) is 3.57. The quantitative estimate of drug-likeness (QED) is 0.157. The average molecular weight is 803 g/mol. The molecule has 0 saturated heterocycles. The van der Waals surface area contributed by atoms with Crippen LogP contribution in [0.4, 0.5) is 26.3 Å². The molecule has 54 heavy (non-hydrogen) atoms. The summed E-state index contributed by atoms with van der Waals surface area (Å²) in [5.41, 5.74) is 0.343. The van der Waals surface area contributed by atoms with Crippen molar-refractivity contribution in [2.45, 2.75) is 79.6 Å². The van der Waals surface area contributed by atoms with Gasteiger partial charge in [-0.25, -0.2) is 9.97 Å². The molecule has 0 atom stereocenters. The first-order valence-electron chi connectivity index (χ1n) is 16.2. The van der Waals surface area contributed by atoms with E-state index < -0.39 is 23.5 Å². The van der Waals surface area contributed by atoms with Crippen molar-refractivity contribution in [1.82, 2.24) is 9.97 Å². The number of benzene rings is 2. The standard InChI is InChI=1S/2C19H18F3NO2S.Na.H2O/c2*1-10-16(15-13(24)8-18(2,3)9-14(15)25)23-17(26-10)11-4-6-12(7-5-11)19(20,21)22;;/h2*4-7,24H,8-9H2,1-3H3;;1H2/q;;+1;/p-1. The molecular formula is C38H37F6N2NaO5S2. The van der Waals surface area contributed by atoms with Crippen molar-refractivity contribution in [1.29, 1.82) is 0 Å². The van der Waals surface area contributed by atoms with E-state index in [1.54, 1.807) is 13.8 Å². The fraction of sp³-hybridized carbons (Fsp3) is 0.368. The molecular weight excluding hydrogens is 766 g/mol. The van der Waals surface area contributed by atoms with E-state index >= 15 is 0 Å². The third-order valence-corrected chi connectivity index (χ3v) is 10.7. The Labute approximate surface area is 338 Å². The number of aromatic nitrogens is 2. The summed E-state index contributed by atoms with van der Waals surface area (Å²) in [4.78, 5) is 35.4. The second kappa shape index (κ2) is 16.4. The number of aliphatic hydroxyl groups is 2. The molecule has 0 saturated carbocycles. The number of alkyl halides is 6. The number of allylic oxidation sites excluding steroid dienone is 4. The number of halogens is 6. The van der Waals surface area contributed by atoms with Gasteiger partial charge in [0.2, 0.25) is 0 Å². The maximum atomic E-state index is 12.7. The summed E-state index contributed by atoms with van der Waals surface area (Å²) >= 11 is 2.58. The zero-order valence-corrected chi connectivity index (χ0v) is 34.2. The largest absolute Gasteiger partial charge is 1.00 e. The number of carbonyl (C=O) groups excluding carboxylic acids is 2. The Hall–Kier alpha value is -3.34. The van der Waals surface area contributed by atoms with Crippen molar-refractivity contribution in [3.8, 4) is 21.1 Å². The topological polar surface area (TPSA) is 130 Å². The minimum absolute atomic E-state index is 0. The molecule has 0 unspecified atom stereocenters. The fourth-order valence-electron chi connectivity index (χ4n) is 6.22. The van der Waals surface area contributed by atoms with E-state index in [2.05, 4.69) is 9.97 Å². The molecule has 0 aliphatic heterocycles. The van der Waals surface area contributed by atoms with Gasteiger partial charge in [-0.3, -0.25) is 9.59 Å². The van der Waals surface area contributed by atoms with E-state index in [4.69, 9.17) is 0 Å². The normalized spacial score (nSPS) is 17.0. The molecule has 0 bridgehead atoms. The van der Waals surface area contributed by atoms with E-state index in [1.165, 1.54) is 46.9 Å². The molecule has 4 aromatic rings. The van der Waals surface area contributed by atoms with Crippen LogP contribution >= 0.6 is 22.7 Å². The first-order chi connectivity index (χ1) is 24.0. The maximum absolute atomic E-state index is 12.7. The number of rotatable bonds is 4. The van der Waals surface area contributed by atoms with Gasteiger partial charge in [-0.15, -0.1) is 22.7 Å². The van der Waals surface area contributed by atoms with Crippen LogP contribution in [0.15, 0.2) is 60.0 Å². The van der Waals surface area contributed by atoms with Gasteiger partial charge < -0.3 is 15.7 Å². The van der Waals surface area contributed by atoms with Crippen molar-refractivity contribution in [3.05, 3.63) is 92.3 Å². The molecule has 0 amide bonds. The fourth-order valence-corrected chi connectivity index (χ4v) is 8.07. The van der Waals surface area contributed by atoms with Gasteiger partial charge >= 0.3 is 41.9 Å². The Morgan fingerprint density at radius 1 is 0.593 bits per heavy atom. The maximum Gasteiger partial charge on any atom is 1.00 e. The molecule has 3 N–H and O–H groups in total. The summed E-state index contributed by atoms with van der Waals surface area (Å²) in [7, 11) is 0. The Balaban J connectivity index is 0.000000280. The van der Waals surface area contributed by atoms with Crippen molar-refractivity contribution < 1.29 is 81.2 Å². The van der Waals surface area contributed by atoms with Gasteiger partial charge in [0.25, 0.3) is 0 Å². The van der Waals surface area contributed by atoms with Crippen molar-refractivity contribution in [2.75, 3.05) is 0 Å². The summed E-state index contributed by atoms with van der Waals surface area (Å²) in [6, 6.07) is 9.51. The monoisotopic (exact) mass is 802 g/mol. The van der Waals surface area contributed by atoms with E-state index in [0.29, 0.717) is 58.2 Å². The first-order valence-corrected chi connectivity index (χ1v) is 17.8. The molecule has 284 valence electrons. The number of hydrogen-bond acceptors (Lipinski definition) is 9. The second-order valence-corrected chi connectivity index (χ2v) is 16.9. The van der Waals surface area contributed by atoms with Gasteiger partial charge in [0.15, 0.2) is 11.6 Å². The molecule has 2 aromatic carbocycles. The number of ketones is 2. The summed E-state index contributed by atoms with van der Waals surface area (Å²) in [6.07, 6.45) is -7.36. The molecule has 7 nitrogen and oxygen atoms in total. The van der Waals surface area contributed by atoms with Gasteiger partial charge in [-0.05, 0) is 48.9 Å². The molecule has 2 aliphatic carbocycles. The Bertz CT molecular complexity index is 1950. The van der Waals surface area contributed by atoms with Crippen LogP contribution in [0.2, 0.25) is 0 Å². The van der Waals surface area contributed by atoms with Crippen molar-refractivity contribution >= 4 is 45.4 Å².